The zero-order chi connectivity index (χ0) is 17.1. The van der Waals surface area contributed by atoms with E-state index in [-0.39, 0.29) is 5.91 Å². The molecule has 1 aliphatic heterocycles. The van der Waals surface area contributed by atoms with Gasteiger partial charge in [0.1, 0.15) is 0 Å². The number of benzene rings is 2. The van der Waals surface area contributed by atoms with Crippen LogP contribution in [0.2, 0.25) is 0 Å². The Balaban J connectivity index is 1.68. The van der Waals surface area contributed by atoms with Crippen LogP contribution >= 0.6 is 15.9 Å². The van der Waals surface area contributed by atoms with Gasteiger partial charge in [-0.15, -0.1) is 0 Å². The Morgan fingerprint density at radius 1 is 1.25 bits per heavy atom. The second-order valence-electron chi connectivity index (χ2n) is 6.48. The summed E-state index contributed by atoms with van der Waals surface area (Å²) in [6, 6.07) is 14.7. The lowest BCUT2D eigenvalue weighted by atomic mass is 10.0. The predicted octanol–water partition coefficient (Wildman–Crippen LogP) is 4.84. The lowest BCUT2D eigenvalue weighted by Crippen LogP contribution is -2.33. The Morgan fingerprint density at radius 3 is 2.83 bits per heavy atom. The Labute approximate surface area is 152 Å². The molecular weight excluding hydrogens is 364 g/mol. The standard InChI is InChI=1S/C20H23BrN2O/c1-14-6-3-9-18(15(14)2)22-20(24)13-23-11-5-10-19(23)16-7-4-8-17(21)12-16/h3-4,6-9,12,19H,5,10-11,13H2,1-2H3,(H,22,24). The molecule has 4 heteroatoms. The Bertz CT molecular complexity index is 744. The smallest absolute Gasteiger partial charge is 0.238 e. The molecule has 0 aliphatic carbocycles. The van der Waals surface area contributed by atoms with E-state index in [0.29, 0.717) is 12.6 Å². The third-order valence-electron chi connectivity index (χ3n) is 4.82. The van der Waals surface area contributed by atoms with Crippen molar-refractivity contribution in [2.24, 2.45) is 0 Å². The topological polar surface area (TPSA) is 32.3 Å². The minimum absolute atomic E-state index is 0.0607. The number of amides is 1. The van der Waals surface area contributed by atoms with Gasteiger partial charge < -0.3 is 5.32 Å². The number of nitrogens with one attached hydrogen (secondary N) is 1. The molecule has 1 saturated heterocycles. The highest BCUT2D eigenvalue weighted by atomic mass is 79.9. The van der Waals surface area contributed by atoms with Crippen LogP contribution in [-0.2, 0) is 4.79 Å². The SMILES string of the molecule is Cc1cccc(NC(=O)CN2CCCC2c2cccc(Br)c2)c1C. The van der Waals surface area contributed by atoms with Gasteiger partial charge in [0, 0.05) is 16.2 Å². The van der Waals surface area contributed by atoms with Crippen molar-refractivity contribution in [1.29, 1.82) is 0 Å². The average Bonchev–Trinajstić information content (AvgIpc) is 3.00. The maximum Gasteiger partial charge on any atom is 0.238 e. The van der Waals surface area contributed by atoms with Crippen LogP contribution in [0.25, 0.3) is 0 Å². The van der Waals surface area contributed by atoms with E-state index in [1.54, 1.807) is 0 Å². The first-order valence-corrected chi connectivity index (χ1v) is 9.19. The molecular formula is C20H23BrN2O. The molecule has 1 unspecified atom stereocenters. The van der Waals surface area contributed by atoms with Gasteiger partial charge in [0.05, 0.1) is 6.54 Å². The van der Waals surface area contributed by atoms with Crippen molar-refractivity contribution in [3.05, 3.63) is 63.6 Å². The van der Waals surface area contributed by atoms with Crippen LogP contribution in [0, 0.1) is 13.8 Å². The summed E-state index contributed by atoms with van der Waals surface area (Å²) in [5.74, 6) is 0.0607. The van der Waals surface area contributed by atoms with Gasteiger partial charge in [0.2, 0.25) is 5.91 Å². The van der Waals surface area contributed by atoms with Crippen LogP contribution in [0.5, 0.6) is 0 Å². The Hall–Kier alpha value is -1.65. The van der Waals surface area contributed by atoms with Crippen molar-refractivity contribution in [2.45, 2.75) is 32.7 Å². The summed E-state index contributed by atoms with van der Waals surface area (Å²) in [5, 5.41) is 3.07. The lowest BCUT2D eigenvalue weighted by molar-refractivity contribution is -0.117. The summed E-state index contributed by atoms with van der Waals surface area (Å²) < 4.78 is 1.09. The van der Waals surface area contributed by atoms with Gasteiger partial charge in [-0.3, -0.25) is 9.69 Å². The molecule has 0 radical (unpaired) electrons. The molecule has 2 aromatic rings. The first-order valence-electron chi connectivity index (χ1n) is 8.40. The summed E-state index contributed by atoms with van der Waals surface area (Å²) in [4.78, 5) is 14.8. The lowest BCUT2D eigenvalue weighted by Gasteiger charge is -2.24. The van der Waals surface area contributed by atoms with Crippen molar-refractivity contribution in [3.8, 4) is 0 Å². The first-order chi connectivity index (χ1) is 11.5. The summed E-state index contributed by atoms with van der Waals surface area (Å²) in [6.07, 6.45) is 2.24. The zero-order valence-corrected chi connectivity index (χ0v) is 15.8. The third kappa shape index (κ3) is 3.87. The average molecular weight is 387 g/mol. The molecule has 126 valence electrons. The summed E-state index contributed by atoms with van der Waals surface area (Å²) in [7, 11) is 0. The molecule has 0 bridgehead atoms. The number of carbonyl (C=O) groups excluding carboxylic acids is 1. The van der Waals surface area contributed by atoms with Crippen LogP contribution < -0.4 is 5.32 Å². The molecule has 0 aromatic heterocycles. The van der Waals surface area contributed by atoms with Crippen molar-refractivity contribution < 1.29 is 4.79 Å². The highest BCUT2D eigenvalue weighted by Gasteiger charge is 2.27. The monoisotopic (exact) mass is 386 g/mol. The molecule has 3 nitrogen and oxygen atoms in total. The molecule has 1 atom stereocenters. The molecule has 2 aromatic carbocycles. The highest BCUT2D eigenvalue weighted by molar-refractivity contribution is 9.10. The normalized spacial score (nSPS) is 17.9. The third-order valence-corrected chi connectivity index (χ3v) is 5.32. The number of likely N-dealkylation sites (tertiary alicyclic amines) is 1. The largest absolute Gasteiger partial charge is 0.325 e. The van der Waals surface area contributed by atoms with Crippen LogP contribution in [0.3, 0.4) is 0 Å². The number of anilines is 1. The fourth-order valence-corrected chi connectivity index (χ4v) is 3.78. The van der Waals surface area contributed by atoms with E-state index < -0.39 is 0 Å². The van der Waals surface area contributed by atoms with E-state index in [9.17, 15) is 4.79 Å². The van der Waals surface area contributed by atoms with Gasteiger partial charge in [-0.25, -0.2) is 0 Å². The fourth-order valence-electron chi connectivity index (χ4n) is 3.37. The fraction of sp³-hybridized carbons (Fsp3) is 0.350. The second-order valence-corrected chi connectivity index (χ2v) is 7.39. The Morgan fingerprint density at radius 2 is 2.04 bits per heavy atom. The maximum absolute atomic E-state index is 12.5. The van der Waals surface area contributed by atoms with Crippen LogP contribution in [0.15, 0.2) is 46.9 Å². The second kappa shape index (κ2) is 7.49. The molecule has 1 fully saturated rings. The summed E-state index contributed by atoms with van der Waals surface area (Å²) >= 11 is 3.54. The van der Waals surface area contributed by atoms with Crippen LogP contribution in [-0.4, -0.2) is 23.9 Å². The summed E-state index contributed by atoms with van der Waals surface area (Å²) in [6.45, 7) is 5.52. The molecule has 24 heavy (non-hydrogen) atoms. The van der Waals surface area contributed by atoms with Gasteiger partial charge in [-0.05, 0) is 68.1 Å². The van der Waals surface area contributed by atoms with Gasteiger partial charge in [-0.2, -0.15) is 0 Å². The van der Waals surface area contributed by atoms with E-state index >= 15 is 0 Å². The summed E-state index contributed by atoms with van der Waals surface area (Å²) in [5.41, 5.74) is 4.52. The van der Waals surface area contributed by atoms with E-state index in [1.807, 2.05) is 25.1 Å². The molecule has 0 spiro atoms. The van der Waals surface area contributed by atoms with Crippen molar-refractivity contribution in [1.82, 2.24) is 4.90 Å². The number of aryl methyl sites for hydroxylation is 1. The predicted molar refractivity (Wildman–Crippen MR) is 102 cm³/mol. The van der Waals surface area contributed by atoms with E-state index in [2.05, 4.69) is 57.3 Å². The first kappa shape index (κ1) is 17.2. The van der Waals surface area contributed by atoms with Crippen LogP contribution in [0.4, 0.5) is 5.69 Å². The number of carbonyl (C=O) groups is 1. The minimum Gasteiger partial charge on any atom is -0.325 e. The van der Waals surface area contributed by atoms with Crippen molar-refractivity contribution in [3.63, 3.8) is 0 Å². The molecule has 1 heterocycles. The van der Waals surface area contributed by atoms with E-state index in [4.69, 9.17) is 0 Å². The number of halogens is 1. The maximum atomic E-state index is 12.5. The molecule has 1 amide bonds. The number of rotatable bonds is 4. The molecule has 0 saturated carbocycles. The van der Waals surface area contributed by atoms with Gasteiger partial charge in [0.15, 0.2) is 0 Å². The number of nitrogens with zero attached hydrogens (tertiary/aromatic N) is 1. The number of hydrogen-bond donors (Lipinski definition) is 1. The Kier molecular flexibility index (Phi) is 5.36. The minimum atomic E-state index is 0.0607. The van der Waals surface area contributed by atoms with Crippen molar-refractivity contribution >= 4 is 27.5 Å². The highest BCUT2D eigenvalue weighted by Crippen LogP contribution is 2.32. The van der Waals surface area contributed by atoms with Gasteiger partial charge in [0.25, 0.3) is 0 Å². The number of hydrogen-bond acceptors (Lipinski definition) is 2. The van der Waals surface area contributed by atoms with E-state index in [1.165, 1.54) is 11.1 Å². The van der Waals surface area contributed by atoms with Crippen molar-refractivity contribution in [2.75, 3.05) is 18.4 Å². The molecule has 3 rings (SSSR count). The molecule has 1 aliphatic rings. The quantitative estimate of drug-likeness (QED) is 0.814. The van der Waals surface area contributed by atoms with Crippen LogP contribution in [0.1, 0.15) is 35.6 Å². The van der Waals surface area contributed by atoms with Gasteiger partial charge in [-0.1, -0.05) is 40.2 Å². The van der Waals surface area contributed by atoms with Gasteiger partial charge >= 0.3 is 0 Å². The van der Waals surface area contributed by atoms with E-state index in [0.717, 1.165) is 35.1 Å². The zero-order valence-electron chi connectivity index (χ0n) is 14.2. The molecule has 1 N–H and O–H groups in total.